The highest BCUT2D eigenvalue weighted by molar-refractivity contribution is 6.06. The summed E-state index contributed by atoms with van der Waals surface area (Å²) in [5, 5.41) is 0.707. The fourth-order valence-corrected chi connectivity index (χ4v) is 3.23. The first-order chi connectivity index (χ1) is 13.5. The average Bonchev–Trinajstić information content (AvgIpc) is 2.71. The smallest absolute Gasteiger partial charge is 0.254 e. The SMILES string of the molecule is Cn1c(=O)cc(C(=O)N(CCC(N)=O)CCc2ccccc2)c2ccccc21. The van der Waals surface area contributed by atoms with Crippen molar-refractivity contribution < 1.29 is 9.59 Å². The van der Waals surface area contributed by atoms with Crippen molar-refractivity contribution in [3.05, 3.63) is 82.1 Å². The number of fused-ring (bicyclic) bond motifs is 1. The number of aromatic nitrogens is 1. The van der Waals surface area contributed by atoms with Crippen molar-refractivity contribution in [2.45, 2.75) is 12.8 Å². The van der Waals surface area contributed by atoms with E-state index in [0.29, 0.717) is 29.4 Å². The average molecular weight is 377 g/mol. The van der Waals surface area contributed by atoms with E-state index in [4.69, 9.17) is 5.73 Å². The van der Waals surface area contributed by atoms with Gasteiger partial charge in [0.05, 0.1) is 11.1 Å². The van der Waals surface area contributed by atoms with Crippen LogP contribution in [0, 0.1) is 0 Å². The number of nitrogens with zero attached hydrogens (tertiary/aromatic N) is 2. The molecule has 0 unspecified atom stereocenters. The molecule has 0 aliphatic rings. The highest BCUT2D eigenvalue weighted by Crippen LogP contribution is 2.18. The van der Waals surface area contributed by atoms with Crippen LogP contribution < -0.4 is 11.3 Å². The number of hydrogen-bond donors (Lipinski definition) is 1. The highest BCUT2D eigenvalue weighted by Gasteiger charge is 2.20. The van der Waals surface area contributed by atoms with Gasteiger partial charge in [-0.2, -0.15) is 0 Å². The molecule has 1 aromatic heterocycles. The van der Waals surface area contributed by atoms with Gasteiger partial charge in [-0.15, -0.1) is 0 Å². The fraction of sp³-hybridized carbons (Fsp3) is 0.227. The Morgan fingerprint density at radius 1 is 1.00 bits per heavy atom. The number of rotatable bonds is 7. The second kappa shape index (κ2) is 8.52. The molecule has 0 aliphatic carbocycles. The van der Waals surface area contributed by atoms with Gasteiger partial charge in [0.15, 0.2) is 0 Å². The van der Waals surface area contributed by atoms with Crippen LogP contribution in [0.1, 0.15) is 22.3 Å². The van der Waals surface area contributed by atoms with Crippen molar-refractivity contribution in [3.8, 4) is 0 Å². The Bertz CT molecular complexity index is 1060. The number of primary amides is 1. The van der Waals surface area contributed by atoms with Crippen molar-refractivity contribution in [1.82, 2.24) is 9.47 Å². The zero-order valence-corrected chi connectivity index (χ0v) is 15.8. The molecule has 1 heterocycles. The molecule has 6 nitrogen and oxygen atoms in total. The third kappa shape index (κ3) is 4.28. The van der Waals surface area contributed by atoms with Crippen LogP contribution >= 0.6 is 0 Å². The van der Waals surface area contributed by atoms with Crippen LogP contribution in [0.4, 0.5) is 0 Å². The van der Waals surface area contributed by atoms with Crippen LogP contribution in [0.5, 0.6) is 0 Å². The number of nitrogens with two attached hydrogens (primary N) is 1. The largest absolute Gasteiger partial charge is 0.370 e. The summed E-state index contributed by atoms with van der Waals surface area (Å²) in [7, 11) is 1.68. The summed E-state index contributed by atoms with van der Waals surface area (Å²) in [5.41, 5.74) is 7.17. The first kappa shape index (κ1) is 19.4. The Balaban J connectivity index is 1.94. The number of pyridine rings is 1. The molecule has 0 fully saturated rings. The second-order valence-corrected chi connectivity index (χ2v) is 6.72. The predicted octanol–water partition coefficient (Wildman–Crippen LogP) is 2.10. The van der Waals surface area contributed by atoms with Gasteiger partial charge in [-0.3, -0.25) is 14.4 Å². The van der Waals surface area contributed by atoms with Crippen LogP contribution in [0.15, 0.2) is 65.5 Å². The number of benzene rings is 2. The summed E-state index contributed by atoms with van der Waals surface area (Å²) in [6, 6.07) is 18.5. The molecule has 2 amide bonds. The summed E-state index contributed by atoms with van der Waals surface area (Å²) in [5.74, 6) is -0.738. The van der Waals surface area contributed by atoms with Crippen molar-refractivity contribution in [2.24, 2.45) is 12.8 Å². The minimum atomic E-state index is -0.466. The second-order valence-electron chi connectivity index (χ2n) is 6.72. The third-order valence-electron chi connectivity index (χ3n) is 4.81. The lowest BCUT2D eigenvalue weighted by molar-refractivity contribution is -0.118. The van der Waals surface area contributed by atoms with Gasteiger partial charge in [0.2, 0.25) is 5.91 Å². The Hall–Kier alpha value is -3.41. The molecule has 2 N–H and O–H groups in total. The maximum atomic E-state index is 13.3. The number of aryl methyl sites for hydroxylation is 1. The number of carbonyl (C=O) groups is 2. The van der Waals surface area contributed by atoms with E-state index in [1.807, 2.05) is 54.6 Å². The molecule has 28 heavy (non-hydrogen) atoms. The van der Waals surface area contributed by atoms with Gasteiger partial charge in [0.25, 0.3) is 11.5 Å². The zero-order chi connectivity index (χ0) is 20.1. The van der Waals surface area contributed by atoms with Crippen molar-refractivity contribution >= 4 is 22.7 Å². The molecule has 0 saturated heterocycles. The van der Waals surface area contributed by atoms with E-state index in [0.717, 1.165) is 5.56 Å². The van der Waals surface area contributed by atoms with E-state index in [9.17, 15) is 14.4 Å². The molecule has 0 bridgehead atoms. The fourth-order valence-electron chi connectivity index (χ4n) is 3.23. The first-order valence-corrected chi connectivity index (χ1v) is 9.17. The summed E-state index contributed by atoms with van der Waals surface area (Å²) in [4.78, 5) is 38.5. The lowest BCUT2D eigenvalue weighted by atomic mass is 10.1. The topological polar surface area (TPSA) is 85.4 Å². The molecular formula is C22H23N3O3. The summed E-state index contributed by atoms with van der Waals surface area (Å²) < 4.78 is 1.52. The highest BCUT2D eigenvalue weighted by atomic mass is 16.2. The lowest BCUT2D eigenvalue weighted by Gasteiger charge is -2.23. The first-order valence-electron chi connectivity index (χ1n) is 9.17. The van der Waals surface area contributed by atoms with Gasteiger partial charge in [0, 0.05) is 38.0 Å². The van der Waals surface area contributed by atoms with Crippen LogP contribution in [0.3, 0.4) is 0 Å². The lowest BCUT2D eigenvalue weighted by Crippen LogP contribution is -2.36. The number of para-hydroxylation sites is 1. The standard InChI is InChI=1S/C22H23N3O3/c1-24-19-10-6-5-9-17(19)18(15-21(24)27)22(28)25(14-12-20(23)26)13-11-16-7-3-2-4-8-16/h2-10,15H,11-14H2,1H3,(H2,23,26). The van der Waals surface area contributed by atoms with Crippen LogP contribution in [-0.4, -0.2) is 34.4 Å². The summed E-state index contributed by atoms with van der Waals surface area (Å²) in [6.07, 6.45) is 0.720. The molecule has 2 aromatic carbocycles. The minimum absolute atomic E-state index is 0.0727. The van der Waals surface area contributed by atoms with Crippen LogP contribution in [0.25, 0.3) is 10.9 Å². The maximum absolute atomic E-state index is 13.3. The van der Waals surface area contributed by atoms with Gasteiger partial charge in [0.1, 0.15) is 0 Å². The number of hydrogen-bond acceptors (Lipinski definition) is 3. The zero-order valence-electron chi connectivity index (χ0n) is 15.8. The van der Waals surface area contributed by atoms with Gasteiger partial charge >= 0.3 is 0 Å². The Labute approximate surface area is 163 Å². The number of amides is 2. The predicted molar refractivity (Wildman–Crippen MR) is 109 cm³/mol. The normalized spacial score (nSPS) is 10.8. The molecule has 6 heteroatoms. The molecule has 0 atom stereocenters. The van der Waals surface area contributed by atoms with Gasteiger partial charge in [-0.05, 0) is 18.1 Å². The molecule has 3 aromatic rings. The van der Waals surface area contributed by atoms with E-state index >= 15 is 0 Å². The van der Waals surface area contributed by atoms with E-state index < -0.39 is 5.91 Å². The minimum Gasteiger partial charge on any atom is -0.370 e. The number of carbonyl (C=O) groups excluding carboxylic acids is 2. The Kier molecular flexibility index (Phi) is 5.89. The molecule has 0 spiro atoms. The molecule has 0 aliphatic heterocycles. The van der Waals surface area contributed by atoms with Crippen molar-refractivity contribution in [3.63, 3.8) is 0 Å². The van der Waals surface area contributed by atoms with E-state index in [-0.39, 0.29) is 24.4 Å². The summed E-state index contributed by atoms with van der Waals surface area (Å²) in [6.45, 7) is 0.643. The third-order valence-corrected chi connectivity index (χ3v) is 4.81. The Morgan fingerprint density at radius 3 is 2.39 bits per heavy atom. The molecule has 144 valence electrons. The maximum Gasteiger partial charge on any atom is 0.254 e. The molecule has 0 saturated carbocycles. The Morgan fingerprint density at radius 2 is 1.68 bits per heavy atom. The van der Waals surface area contributed by atoms with E-state index in [1.54, 1.807) is 11.9 Å². The molecular weight excluding hydrogens is 354 g/mol. The van der Waals surface area contributed by atoms with Crippen molar-refractivity contribution in [2.75, 3.05) is 13.1 Å². The quantitative estimate of drug-likeness (QED) is 0.684. The van der Waals surface area contributed by atoms with Crippen molar-refractivity contribution in [1.29, 1.82) is 0 Å². The van der Waals surface area contributed by atoms with Gasteiger partial charge in [-0.25, -0.2) is 0 Å². The molecule has 0 radical (unpaired) electrons. The van der Waals surface area contributed by atoms with Gasteiger partial charge < -0.3 is 15.2 Å². The molecule has 3 rings (SSSR count). The van der Waals surface area contributed by atoms with E-state index in [2.05, 4.69) is 0 Å². The monoisotopic (exact) mass is 377 g/mol. The van der Waals surface area contributed by atoms with Gasteiger partial charge in [-0.1, -0.05) is 48.5 Å². The van der Waals surface area contributed by atoms with Crippen LogP contribution in [-0.2, 0) is 18.3 Å². The van der Waals surface area contributed by atoms with E-state index in [1.165, 1.54) is 10.6 Å². The summed E-state index contributed by atoms with van der Waals surface area (Å²) >= 11 is 0. The van der Waals surface area contributed by atoms with Crippen LogP contribution in [0.2, 0.25) is 0 Å².